The molecule has 5 nitrogen and oxygen atoms in total. The maximum atomic E-state index is 13.1. The van der Waals surface area contributed by atoms with Gasteiger partial charge in [-0.3, -0.25) is 10.1 Å². The zero-order valence-corrected chi connectivity index (χ0v) is 11.0. The Morgan fingerprint density at radius 1 is 1.37 bits per heavy atom. The van der Waals surface area contributed by atoms with Crippen molar-refractivity contribution in [3.8, 4) is 0 Å². The second kappa shape index (κ2) is 5.14. The molecule has 0 spiro atoms. The van der Waals surface area contributed by atoms with Crippen LogP contribution in [0.3, 0.4) is 0 Å². The number of nitro benzene ring substituents is 1. The average Bonchev–Trinajstić information content (AvgIpc) is 2.28. The van der Waals surface area contributed by atoms with Gasteiger partial charge in [0.05, 0.1) is 9.82 Å². The Kier molecular flexibility index (Phi) is 4.33. The van der Waals surface area contributed by atoms with Gasteiger partial charge in [-0.2, -0.15) is 8.78 Å². The topological polar surface area (TPSA) is 77.3 Å². The van der Waals surface area contributed by atoms with Crippen molar-refractivity contribution in [2.45, 2.75) is 15.8 Å². The number of nitro groups is 1. The molecular formula is C8H4Cl2F3NO4S. The molecule has 0 saturated carbocycles. The average molecular weight is 338 g/mol. The molecule has 1 rings (SSSR count). The molecule has 0 heterocycles. The Labute approximate surface area is 115 Å². The van der Waals surface area contributed by atoms with Gasteiger partial charge in [0.2, 0.25) is 9.84 Å². The lowest BCUT2D eigenvalue weighted by Crippen LogP contribution is -2.35. The van der Waals surface area contributed by atoms with E-state index >= 15 is 0 Å². The molecule has 0 N–H and O–H groups in total. The van der Waals surface area contributed by atoms with Gasteiger partial charge >= 0.3 is 5.25 Å². The van der Waals surface area contributed by atoms with E-state index in [1.165, 1.54) is 0 Å². The number of sulfone groups is 1. The van der Waals surface area contributed by atoms with Gasteiger partial charge in [-0.05, 0) is 12.1 Å². The summed E-state index contributed by atoms with van der Waals surface area (Å²) in [6, 6.07) is 1.65. The highest BCUT2D eigenvalue weighted by molar-refractivity contribution is 7.92. The highest BCUT2D eigenvalue weighted by Crippen LogP contribution is 2.37. The Bertz CT molecular complexity index is 620. The van der Waals surface area contributed by atoms with E-state index < -0.39 is 41.3 Å². The molecule has 0 unspecified atom stereocenters. The van der Waals surface area contributed by atoms with Crippen LogP contribution in [-0.2, 0) is 9.84 Å². The summed E-state index contributed by atoms with van der Waals surface area (Å²) in [6.45, 7) is 0. The maximum absolute atomic E-state index is 13.1. The lowest BCUT2D eigenvalue weighted by molar-refractivity contribution is -0.384. The number of hydrogen-bond donors (Lipinski definition) is 0. The summed E-state index contributed by atoms with van der Waals surface area (Å²) in [7, 11) is -5.51. The lowest BCUT2D eigenvalue weighted by Gasteiger charge is -2.16. The van der Waals surface area contributed by atoms with Crippen molar-refractivity contribution in [2.75, 3.05) is 0 Å². The van der Waals surface area contributed by atoms with Crippen LogP contribution in [0.2, 0.25) is 5.02 Å². The fraction of sp³-hybridized carbons (Fsp3) is 0.250. The van der Waals surface area contributed by atoms with Gasteiger partial charge in [-0.15, -0.1) is 0 Å². The van der Waals surface area contributed by atoms with Crippen molar-refractivity contribution in [2.24, 2.45) is 0 Å². The Morgan fingerprint density at radius 3 is 2.32 bits per heavy atom. The van der Waals surface area contributed by atoms with Gasteiger partial charge in [-0.25, -0.2) is 12.8 Å². The minimum Gasteiger partial charge on any atom is -0.258 e. The van der Waals surface area contributed by atoms with Crippen LogP contribution in [0.5, 0.6) is 0 Å². The molecule has 106 valence electrons. The largest absolute Gasteiger partial charge is 0.393 e. The summed E-state index contributed by atoms with van der Waals surface area (Å²) >= 11 is 9.88. The first-order valence-corrected chi connectivity index (χ1v) is 6.66. The van der Waals surface area contributed by atoms with E-state index in [0.29, 0.717) is 12.1 Å². The molecule has 0 aliphatic rings. The van der Waals surface area contributed by atoms with E-state index in [9.17, 15) is 31.7 Å². The van der Waals surface area contributed by atoms with Gasteiger partial charge in [0.1, 0.15) is 5.02 Å². The van der Waals surface area contributed by atoms with E-state index in [-0.39, 0.29) is 0 Å². The summed E-state index contributed by atoms with van der Waals surface area (Å²) in [5.41, 5.74) is -4.39. The molecule has 0 radical (unpaired) electrons. The predicted octanol–water partition coefficient (Wildman–Crippen LogP) is 3.15. The summed E-state index contributed by atoms with van der Waals surface area (Å²) in [5.74, 6) is 0. The quantitative estimate of drug-likeness (QED) is 0.480. The fourth-order valence-corrected chi connectivity index (χ4v) is 2.68. The van der Waals surface area contributed by atoms with Gasteiger partial charge in [-0.1, -0.05) is 23.2 Å². The number of halogens is 5. The maximum Gasteiger partial charge on any atom is 0.393 e. The van der Waals surface area contributed by atoms with Crippen molar-refractivity contribution in [1.82, 2.24) is 0 Å². The first-order valence-electron chi connectivity index (χ1n) is 4.36. The summed E-state index contributed by atoms with van der Waals surface area (Å²) in [6.07, 6.45) is 0. The first kappa shape index (κ1) is 16.0. The number of rotatable bonds is 4. The van der Waals surface area contributed by atoms with Crippen LogP contribution in [0.4, 0.5) is 18.9 Å². The predicted molar refractivity (Wildman–Crippen MR) is 61.0 cm³/mol. The molecule has 0 aliphatic heterocycles. The zero-order valence-electron chi connectivity index (χ0n) is 8.69. The molecule has 0 aromatic heterocycles. The molecule has 0 fully saturated rings. The Morgan fingerprint density at radius 2 is 1.89 bits per heavy atom. The minimum atomic E-state index is -5.51. The van der Waals surface area contributed by atoms with Crippen LogP contribution in [0, 0.1) is 10.1 Å². The number of hydrogen-bond acceptors (Lipinski definition) is 4. The van der Waals surface area contributed by atoms with Gasteiger partial charge < -0.3 is 0 Å². The fourth-order valence-electron chi connectivity index (χ4n) is 1.07. The number of alkyl halides is 4. The zero-order chi connectivity index (χ0) is 15.0. The van der Waals surface area contributed by atoms with Crippen molar-refractivity contribution in [1.29, 1.82) is 0 Å². The molecule has 0 amide bonds. The first-order chi connectivity index (χ1) is 8.51. The van der Waals surface area contributed by atoms with Crippen molar-refractivity contribution >= 4 is 38.7 Å². The smallest absolute Gasteiger partial charge is 0.258 e. The highest BCUT2D eigenvalue weighted by Gasteiger charge is 2.53. The van der Waals surface area contributed by atoms with E-state index in [2.05, 4.69) is 11.6 Å². The third kappa shape index (κ3) is 2.77. The minimum absolute atomic E-state index is 0.310. The van der Waals surface area contributed by atoms with Crippen LogP contribution in [0.25, 0.3) is 0 Å². The molecular weight excluding hydrogens is 334 g/mol. The lowest BCUT2D eigenvalue weighted by atomic mass is 10.3. The van der Waals surface area contributed by atoms with Crippen LogP contribution < -0.4 is 0 Å². The molecule has 1 aromatic carbocycles. The van der Waals surface area contributed by atoms with E-state index in [1.807, 2.05) is 0 Å². The molecule has 0 saturated heterocycles. The van der Waals surface area contributed by atoms with Crippen LogP contribution in [0.1, 0.15) is 0 Å². The van der Waals surface area contributed by atoms with E-state index in [1.54, 1.807) is 0 Å². The molecule has 0 aliphatic carbocycles. The number of nitrogens with zero attached hydrogens (tertiary/aromatic N) is 1. The highest BCUT2D eigenvalue weighted by atomic mass is 35.5. The third-order valence-corrected chi connectivity index (χ3v) is 4.56. The van der Waals surface area contributed by atoms with E-state index in [4.69, 9.17) is 11.6 Å². The standard InChI is InChI=1S/C8H4Cl2F3NO4S/c9-5-2-1-4(3-6(5)14(15)16)19(17,18)8(12,13)7(10)11/h1-3,7H/t7-/m0/s1. The summed E-state index contributed by atoms with van der Waals surface area (Å²) in [4.78, 5) is 8.31. The van der Waals surface area contributed by atoms with Crippen molar-refractivity contribution in [3.05, 3.63) is 33.3 Å². The van der Waals surface area contributed by atoms with Crippen LogP contribution in [0.15, 0.2) is 23.1 Å². The Hall–Kier alpha value is -1.06. The molecule has 11 heteroatoms. The monoisotopic (exact) mass is 337 g/mol. The molecule has 1 aromatic rings. The molecule has 0 bridgehead atoms. The number of benzene rings is 1. The second-order valence-corrected chi connectivity index (χ2v) is 6.05. The second-order valence-electron chi connectivity index (χ2n) is 3.24. The summed E-state index contributed by atoms with van der Waals surface area (Å²) < 4.78 is 61.6. The van der Waals surface area contributed by atoms with Crippen molar-refractivity contribution < 1.29 is 26.5 Å². The summed E-state index contributed by atoms with van der Waals surface area (Å²) in [5, 5.41) is 5.15. The van der Waals surface area contributed by atoms with Gasteiger partial charge in [0.15, 0.2) is 0 Å². The third-order valence-electron chi connectivity index (χ3n) is 2.04. The van der Waals surface area contributed by atoms with Crippen LogP contribution in [-0.4, -0.2) is 24.2 Å². The Balaban J connectivity index is 3.47. The molecule has 19 heavy (non-hydrogen) atoms. The van der Waals surface area contributed by atoms with Gasteiger partial charge in [0, 0.05) is 6.07 Å². The van der Waals surface area contributed by atoms with E-state index in [0.717, 1.165) is 6.07 Å². The van der Waals surface area contributed by atoms with Gasteiger partial charge in [0.25, 0.3) is 11.3 Å². The normalized spacial score (nSPS) is 14.2. The van der Waals surface area contributed by atoms with Crippen molar-refractivity contribution in [3.63, 3.8) is 0 Å². The van der Waals surface area contributed by atoms with Crippen LogP contribution >= 0.6 is 23.2 Å². The molecule has 1 atom stereocenters. The SMILES string of the molecule is O=[N+]([O-])c1cc(S(=O)(=O)C(F)(F)[C@H](F)Cl)ccc1Cl.